The third-order valence-electron chi connectivity index (χ3n) is 2.36. The molecule has 1 aliphatic heterocycles. The first-order valence-corrected chi connectivity index (χ1v) is 5.10. The third-order valence-corrected chi connectivity index (χ3v) is 2.36. The van der Waals surface area contributed by atoms with Gasteiger partial charge < -0.3 is 10.6 Å². The van der Waals surface area contributed by atoms with Crippen LogP contribution in [-0.4, -0.2) is 25.0 Å². The van der Waals surface area contributed by atoms with Gasteiger partial charge in [-0.25, -0.2) is 4.79 Å². The number of amides is 3. The summed E-state index contributed by atoms with van der Waals surface area (Å²) in [7, 11) is 0. The van der Waals surface area contributed by atoms with E-state index in [-0.39, 0.29) is 11.9 Å². The van der Waals surface area contributed by atoms with Crippen LogP contribution in [0.25, 0.3) is 0 Å². The summed E-state index contributed by atoms with van der Waals surface area (Å²) in [6.07, 6.45) is 0. The largest absolute Gasteiger partial charge is 0.336 e. The molecule has 0 atom stereocenters. The van der Waals surface area contributed by atoms with Crippen molar-refractivity contribution in [2.24, 2.45) is 0 Å². The van der Waals surface area contributed by atoms with E-state index in [1.165, 1.54) is 6.92 Å². The van der Waals surface area contributed by atoms with E-state index in [1.807, 2.05) is 12.1 Å². The molecule has 1 fully saturated rings. The zero-order valence-corrected chi connectivity index (χ0v) is 8.99. The van der Waals surface area contributed by atoms with Crippen molar-refractivity contribution < 1.29 is 9.59 Å². The lowest BCUT2D eigenvalue weighted by atomic mass is 10.2. The van der Waals surface area contributed by atoms with Crippen molar-refractivity contribution in [2.75, 3.05) is 23.3 Å². The summed E-state index contributed by atoms with van der Waals surface area (Å²) in [4.78, 5) is 23.9. The second-order valence-corrected chi connectivity index (χ2v) is 3.61. The number of nitrogens with zero attached hydrogens (tertiary/aromatic N) is 1. The van der Waals surface area contributed by atoms with Crippen molar-refractivity contribution in [2.45, 2.75) is 6.92 Å². The van der Waals surface area contributed by atoms with Gasteiger partial charge >= 0.3 is 6.03 Å². The van der Waals surface area contributed by atoms with Crippen LogP contribution < -0.4 is 15.5 Å². The Kier molecular flexibility index (Phi) is 2.76. The Morgan fingerprint density at radius 1 is 1.38 bits per heavy atom. The highest BCUT2D eigenvalue weighted by molar-refractivity contribution is 5.94. The number of anilines is 2. The Bertz CT molecular complexity index is 414. The molecular weight excluding hydrogens is 206 g/mol. The van der Waals surface area contributed by atoms with E-state index >= 15 is 0 Å². The van der Waals surface area contributed by atoms with Crippen LogP contribution in [0.2, 0.25) is 0 Å². The smallest absolute Gasteiger partial charge is 0.321 e. The third kappa shape index (κ3) is 2.13. The lowest BCUT2D eigenvalue weighted by Crippen LogP contribution is -2.27. The van der Waals surface area contributed by atoms with Crippen molar-refractivity contribution in [3.8, 4) is 0 Å². The molecule has 2 rings (SSSR count). The molecule has 0 unspecified atom stereocenters. The molecule has 84 valence electrons. The summed E-state index contributed by atoms with van der Waals surface area (Å²) in [6.45, 7) is 2.81. The summed E-state index contributed by atoms with van der Waals surface area (Å²) in [5, 5.41) is 5.41. The second kappa shape index (κ2) is 4.22. The predicted octanol–water partition coefficient (Wildman–Crippen LogP) is 1.17. The van der Waals surface area contributed by atoms with Gasteiger partial charge in [-0.3, -0.25) is 9.69 Å². The minimum atomic E-state index is -0.105. The Labute approximate surface area is 93.4 Å². The number of carbonyl (C=O) groups excluding carboxylic acids is 2. The van der Waals surface area contributed by atoms with Crippen LogP contribution in [0.3, 0.4) is 0 Å². The topological polar surface area (TPSA) is 61.4 Å². The van der Waals surface area contributed by atoms with E-state index < -0.39 is 0 Å². The molecule has 0 radical (unpaired) electrons. The van der Waals surface area contributed by atoms with Crippen molar-refractivity contribution in [1.29, 1.82) is 0 Å². The summed E-state index contributed by atoms with van der Waals surface area (Å²) in [6, 6.07) is 7.11. The number of urea groups is 1. The molecule has 1 aromatic rings. The second-order valence-electron chi connectivity index (χ2n) is 3.61. The Hall–Kier alpha value is -2.04. The minimum Gasteiger partial charge on any atom is -0.336 e. The van der Waals surface area contributed by atoms with Crippen LogP contribution in [-0.2, 0) is 4.79 Å². The molecule has 5 heteroatoms. The van der Waals surface area contributed by atoms with E-state index in [9.17, 15) is 9.59 Å². The molecule has 5 nitrogen and oxygen atoms in total. The fourth-order valence-corrected chi connectivity index (χ4v) is 1.65. The molecule has 16 heavy (non-hydrogen) atoms. The van der Waals surface area contributed by atoms with Crippen LogP contribution in [0, 0.1) is 0 Å². The van der Waals surface area contributed by atoms with Gasteiger partial charge in [0.2, 0.25) is 5.91 Å². The summed E-state index contributed by atoms with van der Waals surface area (Å²) in [5.41, 5.74) is 1.57. The van der Waals surface area contributed by atoms with Gasteiger partial charge in [0.25, 0.3) is 0 Å². The summed E-state index contributed by atoms with van der Waals surface area (Å²) >= 11 is 0. The molecule has 3 amide bonds. The van der Waals surface area contributed by atoms with E-state index in [0.717, 1.165) is 11.4 Å². The van der Waals surface area contributed by atoms with E-state index in [1.54, 1.807) is 17.0 Å². The quantitative estimate of drug-likeness (QED) is 0.784. The zero-order chi connectivity index (χ0) is 11.5. The number of nitrogens with one attached hydrogen (secondary N) is 2. The first-order valence-electron chi connectivity index (χ1n) is 5.10. The molecule has 0 aromatic heterocycles. The monoisotopic (exact) mass is 219 g/mol. The maximum absolute atomic E-state index is 11.4. The average molecular weight is 219 g/mol. The van der Waals surface area contributed by atoms with Crippen LogP contribution in [0.15, 0.2) is 24.3 Å². The number of rotatable bonds is 2. The lowest BCUT2D eigenvalue weighted by molar-refractivity contribution is -0.114. The van der Waals surface area contributed by atoms with Crippen LogP contribution in [0.1, 0.15) is 6.92 Å². The lowest BCUT2D eigenvalue weighted by Gasteiger charge is -2.14. The molecule has 0 aliphatic carbocycles. The zero-order valence-electron chi connectivity index (χ0n) is 8.99. The summed E-state index contributed by atoms with van der Waals surface area (Å²) in [5.74, 6) is -0.105. The average Bonchev–Trinajstić information content (AvgIpc) is 2.65. The maximum atomic E-state index is 11.4. The fourth-order valence-electron chi connectivity index (χ4n) is 1.65. The van der Waals surface area contributed by atoms with Gasteiger partial charge in [-0.15, -0.1) is 0 Å². The van der Waals surface area contributed by atoms with Gasteiger partial charge in [-0.2, -0.15) is 0 Å². The van der Waals surface area contributed by atoms with Crippen molar-refractivity contribution in [3.05, 3.63) is 24.3 Å². The van der Waals surface area contributed by atoms with E-state index in [2.05, 4.69) is 10.6 Å². The Morgan fingerprint density at radius 3 is 2.56 bits per heavy atom. The highest BCUT2D eigenvalue weighted by Gasteiger charge is 2.20. The normalized spacial score (nSPS) is 14.8. The molecule has 1 saturated heterocycles. The highest BCUT2D eigenvalue weighted by Crippen LogP contribution is 2.19. The Balaban J connectivity index is 2.12. The first kappa shape index (κ1) is 10.5. The predicted molar refractivity (Wildman–Crippen MR) is 61.5 cm³/mol. The molecule has 2 N–H and O–H groups in total. The molecule has 1 aromatic carbocycles. The molecule has 0 bridgehead atoms. The number of carbonyl (C=O) groups is 2. The van der Waals surface area contributed by atoms with E-state index in [0.29, 0.717) is 13.1 Å². The van der Waals surface area contributed by atoms with Crippen molar-refractivity contribution in [3.63, 3.8) is 0 Å². The van der Waals surface area contributed by atoms with Crippen LogP contribution in [0.4, 0.5) is 16.2 Å². The van der Waals surface area contributed by atoms with Crippen LogP contribution in [0.5, 0.6) is 0 Å². The molecule has 0 saturated carbocycles. The van der Waals surface area contributed by atoms with Gasteiger partial charge in [-0.05, 0) is 24.3 Å². The first-order chi connectivity index (χ1) is 7.66. The molecule has 1 heterocycles. The van der Waals surface area contributed by atoms with E-state index in [4.69, 9.17) is 0 Å². The summed E-state index contributed by atoms with van der Waals surface area (Å²) < 4.78 is 0. The molecule has 1 aliphatic rings. The SMILES string of the molecule is CC(=O)Nc1ccc(N2CCNC2=O)cc1. The molecular formula is C11H13N3O2. The highest BCUT2D eigenvalue weighted by atomic mass is 16.2. The number of benzene rings is 1. The number of hydrogen-bond acceptors (Lipinski definition) is 2. The Morgan fingerprint density at radius 2 is 2.06 bits per heavy atom. The van der Waals surface area contributed by atoms with Gasteiger partial charge in [0.1, 0.15) is 0 Å². The van der Waals surface area contributed by atoms with Gasteiger partial charge in [0, 0.05) is 31.4 Å². The number of hydrogen-bond donors (Lipinski definition) is 2. The van der Waals surface area contributed by atoms with Crippen molar-refractivity contribution in [1.82, 2.24) is 5.32 Å². The van der Waals surface area contributed by atoms with Crippen molar-refractivity contribution >= 4 is 23.3 Å². The molecule has 0 spiro atoms. The maximum Gasteiger partial charge on any atom is 0.321 e. The van der Waals surface area contributed by atoms with Gasteiger partial charge in [0.05, 0.1) is 0 Å². The minimum absolute atomic E-state index is 0.0766. The van der Waals surface area contributed by atoms with Gasteiger partial charge in [-0.1, -0.05) is 0 Å². The van der Waals surface area contributed by atoms with Crippen LogP contribution >= 0.6 is 0 Å². The standard InChI is InChI=1S/C11H13N3O2/c1-8(15)13-9-2-4-10(5-3-9)14-7-6-12-11(14)16/h2-5H,6-7H2,1H3,(H,12,16)(H,13,15). The van der Waals surface area contributed by atoms with Gasteiger partial charge in [0.15, 0.2) is 0 Å². The fraction of sp³-hybridized carbons (Fsp3) is 0.273.